The van der Waals surface area contributed by atoms with Crippen LogP contribution in [0.15, 0.2) is 47.4 Å². The third kappa shape index (κ3) is 5.43. The summed E-state index contributed by atoms with van der Waals surface area (Å²) in [5.41, 5.74) is 1.27. The fourth-order valence-corrected chi connectivity index (χ4v) is 4.53. The van der Waals surface area contributed by atoms with Gasteiger partial charge in [0.1, 0.15) is 0 Å². The topological polar surface area (TPSA) is 138 Å². The number of carbonyl (C=O) groups excluding carboxylic acids is 2. The molecule has 31 heavy (non-hydrogen) atoms. The van der Waals surface area contributed by atoms with Crippen LogP contribution in [0.1, 0.15) is 34.1 Å². The smallest absolute Gasteiger partial charge is 0.338 e. The maximum atomic E-state index is 12.5. The summed E-state index contributed by atoms with van der Waals surface area (Å²) in [6, 6.07) is 12.2. The lowest BCUT2D eigenvalue weighted by Gasteiger charge is -2.06. The number of rotatable bonds is 8. The second kappa shape index (κ2) is 9.65. The van der Waals surface area contributed by atoms with Gasteiger partial charge in [-0.2, -0.15) is 5.26 Å². The predicted octanol–water partition coefficient (Wildman–Crippen LogP) is 2.92. The Morgan fingerprint density at radius 3 is 2.55 bits per heavy atom. The fourth-order valence-electron chi connectivity index (χ4n) is 2.60. The zero-order chi connectivity index (χ0) is 22.4. The van der Waals surface area contributed by atoms with Gasteiger partial charge in [-0.1, -0.05) is 11.3 Å². The van der Waals surface area contributed by atoms with Gasteiger partial charge in [-0.05, 0) is 49.4 Å². The van der Waals surface area contributed by atoms with Crippen molar-refractivity contribution in [1.29, 1.82) is 5.26 Å². The number of hydrogen-bond donors (Lipinski definition) is 2. The van der Waals surface area contributed by atoms with E-state index in [-0.39, 0.29) is 30.0 Å². The first-order chi connectivity index (χ1) is 14.8. The van der Waals surface area contributed by atoms with Crippen molar-refractivity contribution >= 4 is 48.6 Å². The van der Waals surface area contributed by atoms with E-state index in [2.05, 4.69) is 15.0 Å². The van der Waals surface area contributed by atoms with E-state index in [4.69, 9.17) is 10.00 Å². The molecule has 3 aromatic rings. The highest BCUT2D eigenvalue weighted by Crippen LogP contribution is 2.27. The highest BCUT2D eigenvalue weighted by Gasteiger charge is 2.16. The molecule has 0 aliphatic carbocycles. The Morgan fingerprint density at radius 1 is 1.16 bits per heavy atom. The number of ether oxygens (including phenoxy) is 1. The average Bonchev–Trinajstić information content (AvgIpc) is 3.15. The van der Waals surface area contributed by atoms with Crippen LogP contribution in [0.5, 0.6) is 0 Å². The normalized spacial score (nSPS) is 11.1. The quantitative estimate of drug-likeness (QED) is 0.391. The summed E-state index contributed by atoms with van der Waals surface area (Å²) in [6.45, 7) is 2.01. The minimum absolute atomic E-state index is 0.00604. The number of nitrogens with one attached hydrogen (secondary N) is 2. The van der Waals surface area contributed by atoms with E-state index in [1.165, 1.54) is 35.6 Å². The minimum atomic E-state index is -3.75. The van der Waals surface area contributed by atoms with Crippen LogP contribution >= 0.6 is 11.3 Å². The lowest BCUT2D eigenvalue weighted by atomic mass is 10.2. The molecule has 0 spiro atoms. The van der Waals surface area contributed by atoms with E-state index < -0.39 is 21.9 Å². The standard InChI is InChI=1S/C20H18N4O5S2/c1-2-29-19(26)14-6-9-16-17(12-14)30-20(23-16)24-18(25)13-4-7-15(8-5-13)31(27,28)22-11-3-10-21/h4-9,12,22H,2-3,11H2,1H3,(H,23,24,25). The molecule has 0 aliphatic rings. The Morgan fingerprint density at radius 2 is 1.87 bits per heavy atom. The van der Waals surface area contributed by atoms with Gasteiger partial charge >= 0.3 is 5.97 Å². The number of nitrogens with zero attached hydrogens (tertiary/aromatic N) is 2. The van der Waals surface area contributed by atoms with Crippen LogP contribution in [0.3, 0.4) is 0 Å². The average molecular weight is 459 g/mol. The van der Waals surface area contributed by atoms with Gasteiger partial charge in [-0.15, -0.1) is 0 Å². The van der Waals surface area contributed by atoms with Crippen LogP contribution in [0.25, 0.3) is 10.2 Å². The Bertz CT molecular complexity index is 1260. The Kier molecular flexibility index (Phi) is 6.96. The largest absolute Gasteiger partial charge is 0.462 e. The van der Waals surface area contributed by atoms with E-state index in [9.17, 15) is 18.0 Å². The van der Waals surface area contributed by atoms with Crippen molar-refractivity contribution in [2.45, 2.75) is 18.2 Å². The number of fused-ring (bicyclic) bond motifs is 1. The molecular formula is C20H18N4O5S2. The van der Waals surface area contributed by atoms with Gasteiger partial charge in [0, 0.05) is 18.5 Å². The molecule has 0 fully saturated rings. The molecule has 0 atom stereocenters. The Labute approximate surface area is 182 Å². The van der Waals surface area contributed by atoms with Gasteiger partial charge < -0.3 is 4.74 Å². The summed E-state index contributed by atoms with van der Waals surface area (Å²) in [6.07, 6.45) is 0.0587. The SMILES string of the molecule is CCOC(=O)c1ccc2nc(NC(=O)c3ccc(S(=O)(=O)NCCC#N)cc3)sc2c1. The molecule has 0 saturated heterocycles. The van der Waals surface area contributed by atoms with Crippen molar-refractivity contribution in [2.75, 3.05) is 18.5 Å². The molecule has 0 radical (unpaired) electrons. The summed E-state index contributed by atoms with van der Waals surface area (Å²) >= 11 is 1.21. The summed E-state index contributed by atoms with van der Waals surface area (Å²) in [5.74, 6) is -0.883. The second-order valence-corrected chi connectivity index (χ2v) is 9.00. The molecule has 1 heterocycles. The molecule has 9 nitrogen and oxygen atoms in total. The minimum Gasteiger partial charge on any atom is -0.462 e. The molecule has 160 valence electrons. The number of amides is 1. The van der Waals surface area contributed by atoms with Crippen molar-refractivity contribution in [3.63, 3.8) is 0 Å². The number of anilines is 1. The summed E-state index contributed by atoms with van der Waals surface area (Å²) in [5, 5.41) is 11.5. The monoisotopic (exact) mass is 458 g/mol. The van der Waals surface area contributed by atoms with Gasteiger partial charge in [0.15, 0.2) is 5.13 Å². The van der Waals surface area contributed by atoms with Crippen LogP contribution in [0.2, 0.25) is 0 Å². The molecule has 0 aliphatic heterocycles. The first-order valence-electron chi connectivity index (χ1n) is 9.20. The summed E-state index contributed by atoms with van der Waals surface area (Å²) < 4.78 is 32.3. The van der Waals surface area contributed by atoms with Crippen LogP contribution in [-0.2, 0) is 14.8 Å². The zero-order valence-electron chi connectivity index (χ0n) is 16.4. The van der Waals surface area contributed by atoms with Gasteiger partial charge in [0.05, 0.1) is 33.4 Å². The zero-order valence-corrected chi connectivity index (χ0v) is 18.0. The number of hydrogen-bond acceptors (Lipinski definition) is 8. The molecule has 0 bridgehead atoms. The fraction of sp³-hybridized carbons (Fsp3) is 0.200. The van der Waals surface area contributed by atoms with Crippen molar-refractivity contribution in [2.24, 2.45) is 0 Å². The maximum Gasteiger partial charge on any atom is 0.338 e. The molecule has 0 saturated carbocycles. The third-order valence-corrected chi connectivity index (χ3v) is 6.49. The first-order valence-corrected chi connectivity index (χ1v) is 11.5. The van der Waals surface area contributed by atoms with E-state index in [1.807, 2.05) is 6.07 Å². The van der Waals surface area contributed by atoms with Gasteiger partial charge in [0.2, 0.25) is 10.0 Å². The highest BCUT2D eigenvalue weighted by atomic mass is 32.2. The lowest BCUT2D eigenvalue weighted by Crippen LogP contribution is -2.24. The molecular weight excluding hydrogens is 440 g/mol. The molecule has 0 unspecified atom stereocenters. The number of benzene rings is 2. The van der Waals surface area contributed by atoms with Crippen LogP contribution in [0, 0.1) is 11.3 Å². The second-order valence-electron chi connectivity index (χ2n) is 6.21. The molecule has 1 aromatic heterocycles. The number of esters is 1. The molecule has 2 N–H and O–H groups in total. The van der Waals surface area contributed by atoms with E-state index >= 15 is 0 Å². The highest BCUT2D eigenvalue weighted by molar-refractivity contribution is 7.89. The molecule has 11 heteroatoms. The van der Waals surface area contributed by atoms with Crippen molar-refractivity contribution in [3.8, 4) is 6.07 Å². The maximum absolute atomic E-state index is 12.5. The van der Waals surface area contributed by atoms with Crippen LogP contribution in [-0.4, -0.2) is 38.4 Å². The third-order valence-electron chi connectivity index (χ3n) is 4.08. The van der Waals surface area contributed by atoms with Crippen LogP contribution < -0.4 is 10.0 Å². The number of carbonyl (C=O) groups is 2. The molecule has 1 amide bonds. The number of aromatic nitrogens is 1. The number of nitriles is 1. The number of sulfonamides is 1. The molecule has 3 rings (SSSR count). The van der Waals surface area contributed by atoms with Gasteiger partial charge in [-0.3, -0.25) is 10.1 Å². The van der Waals surface area contributed by atoms with Crippen molar-refractivity contribution in [1.82, 2.24) is 9.71 Å². The summed E-state index contributed by atoms with van der Waals surface area (Å²) in [4.78, 5) is 28.7. The lowest BCUT2D eigenvalue weighted by molar-refractivity contribution is 0.0526. The van der Waals surface area contributed by atoms with E-state index in [1.54, 1.807) is 25.1 Å². The van der Waals surface area contributed by atoms with Gasteiger partial charge in [-0.25, -0.2) is 22.9 Å². The van der Waals surface area contributed by atoms with E-state index in [0.717, 1.165) is 0 Å². The number of thiazole rings is 1. The first kappa shape index (κ1) is 22.4. The van der Waals surface area contributed by atoms with E-state index in [0.29, 0.717) is 20.9 Å². The Balaban J connectivity index is 1.72. The predicted molar refractivity (Wildman–Crippen MR) is 115 cm³/mol. The summed E-state index contributed by atoms with van der Waals surface area (Å²) in [7, 11) is -3.75. The van der Waals surface area contributed by atoms with Crippen molar-refractivity contribution < 1.29 is 22.7 Å². The van der Waals surface area contributed by atoms with Gasteiger partial charge in [0.25, 0.3) is 5.91 Å². The van der Waals surface area contributed by atoms with Crippen molar-refractivity contribution in [3.05, 3.63) is 53.6 Å². The van der Waals surface area contributed by atoms with Crippen LogP contribution in [0.4, 0.5) is 5.13 Å². The molecule has 2 aromatic carbocycles. The Hall–Kier alpha value is -3.33.